The molecule has 0 bridgehead atoms. The van der Waals surface area contributed by atoms with Crippen LogP contribution in [0.5, 0.6) is 0 Å². The smallest absolute Gasteiger partial charge is 0.262 e. The first kappa shape index (κ1) is 24.0. The fourth-order valence-corrected chi connectivity index (χ4v) is 4.68. The molecule has 2 amide bonds. The second kappa shape index (κ2) is 10.3. The zero-order valence-corrected chi connectivity index (χ0v) is 19.6. The molecule has 0 radical (unpaired) electrons. The summed E-state index contributed by atoms with van der Waals surface area (Å²) in [4.78, 5) is 24.9. The summed E-state index contributed by atoms with van der Waals surface area (Å²) in [5, 5.41) is 5.54. The van der Waals surface area contributed by atoms with Crippen LogP contribution in [0.2, 0.25) is 0 Å². The highest BCUT2D eigenvalue weighted by atomic mass is 32.2. The molecule has 0 aliphatic carbocycles. The Morgan fingerprint density at radius 3 is 2.21 bits per heavy atom. The van der Waals surface area contributed by atoms with Gasteiger partial charge in [-0.1, -0.05) is 30.3 Å². The Kier molecular flexibility index (Phi) is 7.50. The molecule has 8 heteroatoms. The van der Waals surface area contributed by atoms with E-state index in [2.05, 4.69) is 15.4 Å². The molecule has 3 aromatic carbocycles. The van der Waals surface area contributed by atoms with E-state index >= 15 is 0 Å². The maximum absolute atomic E-state index is 12.9. The molecule has 0 aromatic heterocycles. The number of carbonyl (C=O) groups excluding carboxylic acids is 2. The molecule has 33 heavy (non-hydrogen) atoms. The van der Waals surface area contributed by atoms with Crippen LogP contribution in [0.15, 0.2) is 71.6 Å². The maximum atomic E-state index is 12.9. The number of anilines is 1. The Morgan fingerprint density at radius 2 is 1.48 bits per heavy atom. The molecule has 0 saturated heterocycles. The van der Waals surface area contributed by atoms with Crippen LogP contribution in [-0.2, 0) is 16.6 Å². The second-order valence-electron chi connectivity index (χ2n) is 7.70. The van der Waals surface area contributed by atoms with Crippen molar-refractivity contribution in [3.05, 3.63) is 94.5 Å². The van der Waals surface area contributed by atoms with Crippen LogP contribution in [0.1, 0.15) is 44.3 Å². The summed E-state index contributed by atoms with van der Waals surface area (Å²) in [6, 6.07) is 18.5. The number of rotatable bonds is 8. The van der Waals surface area contributed by atoms with Crippen LogP contribution in [-0.4, -0.2) is 26.8 Å². The van der Waals surface area contributed by atoms with Crippen LogP contribution >= 0.6 is 0 Å². The molecule has 0 aliphatic rings. The van der Waals surface area contributed by atoms with Crippen molar-refractivity contribution in [2.75, 3.05) is 11.3 Å². The van der Waals surface area contributed by atoms with Gasteiger partial charge in [0, 0.05) is 29.9 Å². The summed E-state index contributed by atoms with van der Waals surface area (Å²) in [5.74, 6) is -0.527. The molecule has 172 valence electrons. The Morgan fingerprint density at radius 1 is 0.818 bits per heavy atom. The number of carbonyl (C=O) groups is 2. The predicted molar refractivity (Wildman–Crippen MR) is 129 cm³/mol. The first-order valence-electron chi connectivity index (χ1n) is 10.5. The van der Waals surface area contributed by atoms with E-state index < -0.39 is 10.0 Å². The highest BCUT2D eigenvalue weighted by Crippen LogP contribution is 2.21. The average molecular weight is 466 g/mol. The first-order chi connectivity index (χ1) is 15.7. The molecule has 0 heterocycles. The molecule has 0 unspecified atom stereocenters. The number of benzene rings is 3. The monoisotopic (exact) mass is 465 g/mol. The molecule has 7 nitrogen and oxygen atoms in total. The summed E-state index contributed by atoms with van der Waals surface area (Å²) in [5.41, 5.74) is 3.38. The van der Waals surface area contributed by atoms with Crippen LogP contribution < -0.4 is 15.4 Å². The van der Waals surface area contributed by atoms with Gasteiger partial charge in [0.2, 0.25) is 0 Å². The predicted octanol–water partition coefficient (Wildman–Crippen LogP) is 3.78. The van der Waals surface area contributed by atoms with E-state index in [1.807, 2.05) is 26.0 Å². The molecular formula is C25H27N3O4S. The fraction of sp³-hybridized carbons (Fsp3) is 0.200. The Hall–Kier alpha value is -3.65. The van der Waals surface area contributed by atoms with Crippen molar-refractivity contribution in [2.24, 2.45) is 0 Å². The number of amides is 2. The summed E-state index contributed by atoms with van der Waals surface area (Å²) in [7, 11) is -3.80. The molecule has 0 spiro atoms. The molecule has 0 aliphatic heterocycles. The molecule has 3 rings (SSSR count). The van der Waals surface area contributed by atoms with Crippen LogP contribution in [0.3, 0.4) is 0 Å². The number of hydrogen-bond acceptors (Lipinski definition) is 4. The summed E-state index contributed by atoms with van der Waals surface area (Å²) in [6.45, 7) is 6.17. The van der Waals surface area contributed by atoms with Crippen molar-refractivity contribution < 1.29 is 18.0 Å². The van der Waals surface area contributed by atoms with Gasteiger partial charge in [-0.3, -0.25) is 14.3 Å². The summed E-state index contributed by atoms with van der Waals surface area (Å²) in [6.07, 6.45) is 0. The highest BCUT2D eigenvalue weighted by molar-refractivity contribution is 7.92. The zero-order valence-electron chi connectivity index (χ0n) is 18.8. The van der Waals surface area contributed by atoms with Crippen LogP contribution in [0.25, 0.3) is 0 Å². The van der Waals surface area contributed by atoms with Crippen molar-refractivity contribution in [3.63, 3.8) is 0 Å². The van der Waals surface area contributed by atoms with Gasteiger partial charge in [-0.2, -0.15) is 0 Å². The normalized spacial score (nSPS) is 11.0. The van der Waals surface area contributed by atoms with Crippen molar-refractivity contribution in [1.82, 2.24) is 10.6 Å². The third-order valence-electron chi connectivity index (χ3n) is 4.99. The summed E-state index contributed by atoms with van der Waals surface area (Å²) < 4.78 is 28.3. The quantitative estimate of drug-likeness (QED) is 0.471. The molecule has 0 saturated carbocycles. The van der Waals surface area contributed by atoms with Gasteiger partial charge in [-0.15, -0.1) is 0 Å². The number of sulfonamides is 1. The van der Waals surface area contributed by atoms with E-state index in [0.717, 1.165) is 11.1 Å². The number of aryl methyl sites for hydroxylation is 2. The van der Waals surface area contributed by atoms with E-state index in [-0.39, 0.29) is 23.3 Å². The summed E-state index contributed by atoms with van der Waals surface area (Å²) >= 11 is 0. The third kappa shape index (κ3) is 6.20. The number of nitrogens with one attached hydrogen (secondary N) is 3. The lowest BCUT2D eigenvalue weighted by Crippen LogP contribution is -2.24. The van der Waals surface area contributed by atoms with Gasteiger partial charge in [0.1, 0.15) is 0 Å². The van der Waals surface area contributed by atoms with E-state index in [1.165, 1.54) is 6.07 Å². The van der Waals surface area contributed by atoms with Crippen molar-refractivity contribution >= 4 is 27.5 Å². The van der Waals surface area contributed by atoms with E-state index in [4.69, 9.17) is 0 Å². The van der Waals surface area contributed by atoms with Crippen LogP contribution in [0, 0.1) is 13.8 Å². The van der Waals surface area contributed by atoms with Crippen molar-refractivity contribution in [2.45, 2.75) is 32.2 Å². The molecule has 0 fully saturated rings. The minimum absolute atomic E-state index is 0.172. The lowest BCUT2D eigenvalue weighted by Gasteiger charge is -2.12. The van der Waals surface area contributed by atoms with Gasteiger partial charge in [0.05, 0.1) is 4.90 Å². The van der Waals surface area contributed by atoms with Gasteiger partial charge >= 0.3 is 0 Å². The zero-order chi connectivity index (χ0) is 24.0. The molecule has 0 atom stereocenters. The van der Waals surface area contributed by atoms with Crippen molar-refractivity contribution in [3.8, 4) is 0 Å². The van der Waals surface area contributed by atoms with Gasteiger partial charge in [-0.25, -0.2) is 8.42 Å². The largest absolute Gasteiger partial charge is 0.352 e. The molecular weight excluding hydrogens is 438 g/mol. The lowest BCUT2D eigenvalue weighted by atomic mass is 10.1. The van der Waals surface area contributed by atoms with E-state index in [0.29, 0.717) is 28.9 Å². The van der Waals surface area contributed by atoms with Gasteiger partial charge in [-0.05, 0) is 73.9 Å². The van der Waals surface area contributed by atoms with Gasteiger partial charge in [0.15, 0.2) is 0 Å². The first-order valence-corrected chi connectivity index (χ1v) is 12.0. The minimum atomic E-state index is -3.80. The minimum Gasteiger partial charge on any atom is -0.352 e. The SMILES string of the molecule is CCNC(=O)c1cccc(CNC(=O)c2cccc(NS(=O)(=O)c3cc(C)ccc3C)c2)c1. The standard InChI is InChI=1S/C25H27N3O4S/c1-4-26-24(29)20-8-5-7-19(14-20)16-27-25(30)21-9-6-10-22(15-21)28-33(31,32)23-13-17(2)11-12-18(23)3/h5-15,28H,4,16H2,1-3H3,(H,26,29)(H,27,30). The van der Waals surface area contributed by atoms with Crippen LogP contribution in [0.4, 0.5) is 5.69 Å². The second-order valence-corrected chi connectivity index (χ2v) is 9.35. The number of hydrogen-bond donors (Lipinski definition) is 3. The van der Waals surface area contributed by atoms with E-state index in [9.17, 15) is 18.0 Å². The molecule has 3 N–H and O–H groups in total. The molecule has 3 aromatic rings. The lowest BCUT2D eigenvalue weighted by molar-refractivity contribution is 0.0947. The Bertz CT molecular complexity index is 1290. The average Bonchev–Trinajstić information content (AvgIpc) is 2.79. The van der Waals surface area contributed by atoms with Gasteiger partial charge < -0.3 is 10.6 Å². The maximum Gasteiger partial charge on any atom is 0.262 e. The fourth-order valence-electron chi connectivity index (χ4n) is 3.30. The van der Waals surface area contributed by atoms with Gasteiger partial charge in [0.25, 0.3) is 21.8 Å². The highest BCUT2D eigenvalue weighted by Gasteiger charge is 2.18. The topological polar surface area (TPSA) is 104 Å². The third-order valence-corrected chi connectivity index (χ3v) is 6.51. The Labute approximate surface area is 194 Å². The Balaban J connectivity index is 1.71. The van der Waals surface area contributed by atoms with Crippen molar-refractivity contribution in [1.29, 1.82) is 0 Å². The van der Waals surface area contributed by atoms with E-state index in [1.54, 1.807) is 55.5 Å².